The molecular formula is C22H22Br3ClN10O3. The first-order valence-electron chi connectivity index (χ1n) is 12.1. The van der Waals surface area contributed by atoms with Gasteiger partial charge in [-0.25, -0.2) is 9.98 Å². The smallest absolute Gasteiger partial charge is 0.272 e. The Morgan fingerprint density at radius 1 is 1.23 bits per heavy atom. The van der Waals surface area contributed by atoms with Gasteiger partial charge in [-0.3, -0.25) is 9.59 Å². The van der Waals surface area contributed by atoms with Crippen molar-refractivity contribution in [1.29, 1.82) is 0 Å². The van der Waals surface area contributed by atoms with Crippen molar-refractivity contribution < 1.29 is 14.7 Å². The summed E-state index contributed by atoms with van der Waals surface area (Å²) < 4.78 is 3.87. The number of rotatable bonds is 3. The number of halogens is 4. The van der Waals surface area contributed by atoms with Gasteiger partial charge in [-0.2, -0.15) is 0 Å². The van der Waals surface area contributed by atoms with Crippen LogP contribution in [0, 0.1) is 17.8 Å². The summed E-state index contributed by atoms with van der Waals surface area (Å²) in [6.07, 6.45) is -0.151. The van der Waals surface area contributed by atoms with E-state index in [2.05, 4.69) is 73.7 Å². The lowest BCUT2D eigenvalue weighted by atomic mass is 9.73. The van der Waals surface area contributed by atoms with Gasteiger partial charge in [-0.1, -0.05) is 0 Å². The number of aromatic amines is 1. The monoisotopic (exact) mass is 746 g/mol. The number of amides is 2. The summed E-state index contributed by atoms with van der Waals surface area (Å²) >= 11 is 17.4. The molecule has 0 aromatic carbocycles. The maximum Gasteiger partial charge on any atom is 0.272 e. The third-order valence-corrected chi connectivity index (χ3v) is 11.6. The summed E-state index contributed by atoms with van der Waals surface area (Å²) in [5, 5.41) is 20.1. The third-order valence-electron chi connectivity index (χ3n) is 8.67. The van der Waals surface area contributed by atoms with Crippen molar-refractivity contribution >= 4 is 83.1 Å². The normalized spacial score (nSPS) is 37.6. The molecule has 1 aliphatic carbocycles. The Morgan fingerprint density at radius 2 is 1.97 bits per heavy atom. The van der Waals surface area contributed by atoms with Gasteiger partial charge in [0.25, 0.3) is 11.8 Å². The Morgan fingerprint density at radius 3 is 2.64 bits per heavy atom. The van der Waals surface area contributed by atoms with Crippen LogP contribution in [-0.4, -0.2) is 79.2 Å². The van der Waals surface area contributed by atoms with E-state index < -0.39 is 34.9 Å². The second-order valence-electron chi connectivity index (χ2n) is 10.4. The average molecular weight is 750 g/mol. The number of carbonyl (C=O) groups excluding carboxylic acids is 2. The molecule has 9 N–H and O–H groups in total. The highest BCUT2D eigenvalue weighted by Gasteiger charge is 2.79. The zero-order valence-electron chi connectivity index (χ0n) is 19.8. The molecular weight excluding hydrogens is 727 g/mol. The summed E-state index contributed by atoms with van der Waals surface area (Å²) in [5.74, 6) is -1.54. The molecule has 0 bridgehead atoms. The van der Waals surface area contributed by atoms with E-state index in [9.17, 15) is 14.7 Å². The van der Waals surface area contributed by atoms with Gasteiger partial charge in [0.1, 0.15) is 16.9 Å². The van der Waals surface area contributed by atoms with Crippen LogP contribution >= 0.6 is 59.4 Å². The molecule has 39 heavy (non-hydrogen) atoms. The second kappa shape index (κ2) is 8.38. The van der Waals surface area contributed by atoms with Crippen LogP contribution in [0.4, 0.5) is 0 Å². The number of fused-ring (bicyclic) bond motifs is 4. The van der Waals surface area contributed by atoms with Crippen molar-refractivity contribution in [3.63, 3.8) is 0 Å². The van der Waals surface area contributed by atoms with Crippen LogP contribution in [0.15, 0.2) is 41.9 Å². The highest BCUT2D eigenvalue weighted by Crippen LogP contribution is 2.63. The molecule has 8 atom stereocenters. The quantitative estimate of drug-likeness (QED) is 0.223. The van der Waals surface area contributed by atoms with Gasteiger partial charge in [-0.15, -0.1) is 11.6 Å². The summed E-state index contributed by atoms with van der Waals surface area (Å²) in [6, 6.07) is 3.42. The highest BCUT2D eigenvalue weighted by molar-refractivity contribution is 9.13. The molecule has 2 amide bonds. The number of aliphatic imine (C=N–C) groups is 2. The number of aliphatic hydroxyl groups excluding tert-OH is 1. The standard InChI is InChI=1S/C22H22Br3ClN10O3/c23-6-1-11-16(38)36-5-8-7(3-29-15(37)10-2-9(24)14(25)30-10)13(26)21(18(39)32-20(28)33-21)12(8)22(36)17(35(11)4-6)31-19(27)34-22/h1-2,4,7-8,12-13,17-18,30,39H,3,5H2,(H,29,37)(H3,27,31,34)(H3,28,32,33)/t7-,8+,12+,13-,17+,18+,21+,22-/m0/s1. The SMILES string of the molecule is NC1=N[C@H](O)[C@@]2(N1)[C@H]1[C@H](CN3C(=O)c4cc(Br)cn4[C@H]4N=C(N)N[C@@]413)[C@H](CNC(=O)c1cc(Br)c(Br)[nH]1)[C@@H]2Cl. The van der Waals surface area contributed by atoms with Gasteiger partial charge in [0.15, 0.2) is 30.0 Å². The van der Waals surface area contributed by atoms with Crippen LogP contribution in [0.2, 0.25) is 0 Å². The lowest BCUT2D eigenvalue weighted by molar-refractivity contribution is -0.0269. The summed E-state index contributed by atoms with van der Waals surface area (Å²) in [4.78, 5) is 40.5. The zero-order valence-corrected chi connectivity index (χ0v) is 25.3. The molecule has 2 aromatic heterocycles. The summed E-state index contributed by atoms with van der Waals surface area (Å²) in [6.45, 7) is 0.466. The van der Waals surface area contributed by atoms with E-state index in [1.54, 1.807) is 27.8 Å². The lowest BCUT2D eigenvalue weighted by Crippen LogP contribution is -2.74. The Bertz CT molecular complexity index is 1490. The van der Waals surface area contributed by atoms with Gasteiger partial charge < -0.3 is 47.0 Å². The van der Waals surface area contributed by atoms with Crippen molar-refractivity contribution in [3.8, 4) is 0 Å². The van der Waals surface area contributed by atoms with E-state index in [0.717, 1.165) is 4.47 Å². The molecule has 1 saturated carbocycles. The molecule has 17 heteroatoms. The molecule has 7 rings (SSSR count). The average Bonchev–Trinajstić information content (AvgIpc) is 3.68. The molecule has 5 aliphatic rings. The second-order valence-corrected chi connectivity index (χ2v) is 13.4. The molecule has 6 heterocycles. The minimum Gasteiger partial charge on any atom is -0.370 e. The number of alkyl halides is 1. The summed E-state index contributed by atoms with van der Waals surface area (Å²) in [7, 11) is 0. The van der Waals surface area contributed by atoms with Crippen molar-refractivity contribution in [2.75, 3.05) is 13.1 Å². The number of nitrogens with two attached hydrogens (primary N) is 2. The number of guanidine groups is 2. The number of aliphatic hydroxyl groups is 1. The van der Waals surface area contributed by atoms with Crippen LogP contribution in [0.25, 0.3) is 0 Å². The van der Waals surface area contributed by atoms with Crippen LogP contribution in [0.5, 0.6) is 0 Å². The first kappa shape index (κ1) is 25.7. The number of hydrogen-bond acceptors (Lipinski definition) is 9. The fraction of sp³-hybridized carbons (Fsp3) is 0.455. The third kappa shape index (κ3) is 3.20. The van der Waals surface area contributed by atoms with Gasteiger partial charge in [0, 0.05) is 35.6 Å². The lowest BCUT2D eigenvalue weighted by Gasteiger charge is -2.51. The molecule has 1 saturated heterocycles. The molecule has 0 radical (unpaired) electrons. The number of hydrogen-bond donors (Lipinski definition) is 7. The van der Waals surface area contributed by atoms with Gasteiger partial charge in [-0.05, 0) is 65.8 Å². The van der Waals surface area contributed by atoms with E-state index in [1.165, 1.54) is 0 Å². The predicted octanol–water partition coefficient (Wildman–Crippen LogP) is 0.561. The molecule has 206 valence electrons. The first-order chi connectivity index (χ1) is 18.5. The Hall–Kier alpha value is -2.27. The van der Waals surface area contributed by atoms with Crippen LogP contribution in [-0.2, 0) is 0 Å². The van der Waals surface area contributed by atoms with Gasteiger partial charge >= 0.3 is 0 Å². The highest BCUT2D eigenvalue weighted by atomic mass is 79.9. The maximum atomic E-state index is 13.9. The van der Waals surface area contributed by atoms with Crippen LogP contribution in [0.3, 0.4) is 0 Å². The van der Waals surface area contributed by atoms with Crippen LogP contribution < -0.4 is 27.4 Å². The minimum absolute atomic E-state index is 0.0440. The van der Waals surface area contributed by atoms with E-state index in [1.807, 2.05) is 0 Å². The number of carbonyl (C=O) groups is 2. The van der Waals surface area contributed by atoms with Crippen molar-refractivity contribution in [2.24, 2.45) is 39.2 Å². The van der Waals surface area contributed by atoms with E-state index in [4.69, 9.17) is 28.1 Å². The molecule has 0 unspecified atom stereocenters. The topological polar surface area (TPSA) is 191 Å². The van der Waals surface area contributed by atoms with E-state index >= 15 is 0 Å². The van der Waals surface area contributed by atoms with E-state index in [-0.39, 0.29) is 48.7 Å². The van der Waals surface area contributed by atoms with Gasteiger partial charge in [0.2, 0.25) is 0 Å². The first-order valence-corrected chi connectivity index (χ1v) is 14.9. The van der Waals surface area contributed by atoms with Gasteiger partial charge in [0.05, 0.1) is 14.5 Å². The van der Waals surface area contributed by atoms with Crippen molar-refractivity contribution in [1.82, 2.24) is 30.4 Å². The predicted molar refractivity (Wildman–Crippen MR) is 152 cm³/mol. The molecule has 2 spiro atoms. The number of nitrogens with zero attached hydrogens (tertiary/aromatic N) is 4. The fourth-order valence-corrected chi connectivity index (χ4v) is 9.03. The van der Waals surface area contributed by atoms with Crippen LogP contribution in [0.1, 0.15) is 27.1 Å². The molecule has 13 nitrogen and oxygen atoms in total. The fourth-order valence-electron chi connectivity index (χ4n) is 7.36. The summed E-state index contributed by atoms with van der Waals surface area (Å²) in [5.41, 5.74) is 10.8. The number of aromatic nitrogens is 2. The maximum absolute atomic E-state index is 13.9. The zero-order chi connectivity index (χ0) is 27.6. The van der Waals surface area contributed by atoms with Crippen molar-refractivity contribution in [3.05, 3.63) is 43.3 Å². The Balaban J connectivity index is 1.31. The van der Waals surface area contributed by atoms with E-state index in [0.29, 0.717) is 20.5 Å². The molecule has 2 fully saturated rings. The van der Waals surface area contributed by atoms with Crippen molar-refractivity contribution in [2.45, 2.75) is 29.0 Å². The molecule has 2 aromatic rings. The minimum atomic E-state index is -1.31. The molecule has 4 aliphatic heterocycles. The Labute approximate surface area is 251 Å². The number of nitrogens with one attached hydrogen (secondary N) is 4. The Kier molecular flexibility index (Phi) is 5.52. The largest absolute Gasteiger partial charge is 0.370 e. The number of H-pyrrole nitrogens is 1.